The van der Waals surface area contributed by atoms with Gasteiger partial charge in [0.1, 0.15) is 5.01 Å². The van der Waals surface area contributed by atoms with Crippen LogP contribution in [0.4, 0.5) is 5.69 Å². The normalized spacial score (nSPS) is 11.2. The second-order valence-electron chi connectivity index (χ2n) is 6.24. The highest BCUT2D eigenvalue weighted by atomic mass is 32.1. The van der Waals surface area contributed by atoms with Crippen LogP contribution < -0.4 is 20.1 Å². The van der Waals surface area contributed by atoms with E-state index in [1.54, 1.807) is 25.5 Å². The number of rotatable bonds is 7. The molecule has 1 aromatic heterocycles. The van der Waals surface area contributed by atoms with Crippen molar-refractivity contribution in [2.24, 2.45) is 4.99 Å². The number of aliphatic imine (C=N–C) groups is 1. The van der Waals surface area contributed by atoms with Crippen molar-refractivity contribution < 1.29 is 9.47 Å². The van der Waals surface area contributed by atoms with Gasteiger partial charge in [-0.2, -0.15) is 0 Å². The molecule has 0 saturated carbocycles. The molecule has 0 aliphatic rings. The molecule has 6 nitrogen and oxygen atoms in total. The molecular weight excluding hydrogens is 384 g/mol. The topological polar surface area (TPSA) is 67.8 Å². The molecule has 0 amide bonds. The van der Waals surface area contributed by atoms with E-state index in [9.17, 15) is 0 Å². The van der Waals surface area contributed by atoms with E-state index in [0.29, 0.717) is 24.9 Å². The number of anilines is 1. The average molecular weight is 411 g/mol. The summed E-state index contributed by atoms with van der Waals surface area (Å²) in [5, 5.41) is 7.67. The van der Waals surface area contributed by atoms with Crippen LogP contribution in [0.15, 0.2) is 53.5 Å². The van der Waals surface area contributed by atoms with Crippen LogP contribution in [0, 0.1) is 6.92 Å². The molecule has 0 aliphatic carbocycles. The maximum absolute atomic E-state index is 5.57. The Balaban J connectivity index is 1.66. The molecule has 7 heteroatoms. The van der Waals surface area contributed by atoms with Gasteiger partial charge in [0, 0.05) is 29.2 Å². The van der Waals surface area contributed by atoms with Crippen molar-refractivity contribution >= 4 is 23.0 Å². The number of methoxy groups -OCH3 is 1. The van der Waals surface area contributed by atoms with E-state index < -0.39 is 0 Å². The molecule has 1 heterocycles. The molecule has 0 atom stereocenters. The third-order valence-corrected chi connectivity index (χ3v) is 5.49. The van der Waals surface area contributed by atoms with Crippen LogP contribution in [-0.4, -0.2) is 31.7 Å². The molecule has 0 saturated heterocycles. The first-order valence-corrected chi connectivity index (χ1v) is 10.3. The van der Waals surface area contributed by atoms with E-state index in [1.807, 2.05) is 50.2 Å². The lowest BCUT2D eigenvalue weighted by molar-refractivity contribution is 0.311. The predicted molar refractivity (Wildman–Crippen MR) is 120 cm³/mol. The lowest BCUT2D eigenvalue weighted by atomic mass is 10.2. The monoisotopic (exact) mass is 410 g/mol. The number of aryl methyl sites for hydroxylation is 1. The van der Waals surface area contributed by atoms with Crippen LogP contribution in [0.25, 0.3) is 10.6 Å². The van der Waals surface area contributed by atoms with E-state index in [-0.39, 0.29) is 0 Å². The Morgan fingerprint density at radius 1 is 1.14 bits per heavy atom. The standard InChI is InChI=1S/C22H26N4O2S/c1-5-28-18-12-11-17(13-19(18)27-4)26-22(23-3)24-14-20-15(2)25-21(29-20)16-9-7-6-8-10-16/h6-13H,5,14H2,1-4H3,(H2,23,24,26). The molecule has 0 radical (unpaired) electrons. The first kappa shape index (κ1) is 20.7. The molecule has 2 aromatic carbocycles. The summed E-state index contributed by atoms with van der Waals surface area (Å²) in [6.45, 7) is 5.21. The molecule has 0 spiro atoms. The molecule has 0 unspecified atom stereocenters. The second-order valence-corrected chi connectivity index (χ2v) is 7.33. The van der Waals surface area contributed by atoms with E-state index in [4.69, 9.17) is 14.5 Å². The van der Waals surface area contributed by atoms with Crippen LogP contribution >= 0.6 is 11.3 Å². The van der Waals surface area contributed by atoms with E-state index >= 15 is 0 Å². The first-order chi connectivity index (χ1) is 14.1. The number of benzene rings is 2. The van der Waals surface area contributed by atoms with Crippen LogP contribution in [-0.2, 0) is 6.54 Å². The Morgan fingerprint density at radius 2 is 1.93 bits per heavy atom. The van der Waals surface area contributed by atoms with Crippen LogP contribution in [0.3, 0.4) is 0 Å². The van der Waals surface area contributed by atoms with Crippen molar-refractivity contribution in [2.75, 3.05) is 26.1 Å². The number of guanidine groups is 1. The van der Waals surface area contributed by atoms with Gasteiger partial charge in [0.2, 0.25) is 0 Å². The molecule has 29 heavy (non-hydrogen) atoms. The largest absolute Gasteiger partial charge is 0.493 e. The highest BCUT2D eigenvalue weighted by Crippen LogP contribution is 2.30. The summed E-state index contributed by atoms with van der Waals surface area (Å²) in [7, 11) is 3.38. The minimum atomic E-state index is 0.589. The van der Waals surface area contributed by atoms with Crippen molar-refractivity contribution in [3.05, 3.63) is 59.1 Å². The number of hydrogen-bond donors (Lipinski definition) is 2. The Hall–Kier alpha value is -3.06. The Bertz CT molecular complexity index is 970. The highest BCUT2D eigenvalue weighted by Gasteiger charge is 2.11. The van der Waals surface area contributed by atoms with E-state index in [1.165, 1.54) is 4.88 Å². The third-order valence-electron chi connectivity index (χ3n) is 4.28. The van der Waals surface area contributed by atoms with Gasteiger partial charge in [-0.05, 0) is 26.0 Å². The Morgan fingerprint density at radius 3 is 2.62 bits per heavy atom. The van der Waals surface area contributed by atoms with E-state index in [2.05, 4.69) is 27.8 Å². The van der Waals surface area contributed by atoms with Gasteiger partial charge in [-0.25, -0.2) is 4.98 Å². The molecule has 0 aliphatic heterocycles. The minimum Gasteiger partial charge on any atom is -0.493 e. The average Bonchev–Trinajstić information content (AvgIpc) is 3.13. The zero-order valence-electron chi connectivity index (χ0n) is 17.2. The van der Waals surface area contributed by atoms with Gasteiger partial charge in [-0.3, -0.25) is 4.99 Å². The van der Waals surface area contributed by atoms with Crippen LogP contribution in [0.5, 0.6) is 11.5 Å². The fourth-order valence-electron chi connectivity index (χ4n) is 2.80. The molecule has 3 rings (SSSR count). The summed E-state index contributed by atoms with van der Waals surface area (Å²) >= 11 is 1.69. The van der Waals surface area contributed by atoms with Gasteiger partial charge in [0.05, 0.1) is 26.0 Å². The fourth-order valence-corrected chi connectivity index (χ4v) is 3.80. The lowest BCUT2D eigenvalue weighted by Gasteiger charge is -2.14. The number of nitrogens with one attached hydrogen (secondary N) is 2. The van der Waals surface area contributed by atoms with Crippen molar-refractivity contribution in [2.45, 2.75) is 20.4 Å². The van der Waals surface area contributed by atoms with Gasteiger partial charge in [0.25, 0.3) is 0 Å². The minimum absolute atomic E-state index is 0.589. The van der Waals surface area contributed by atoms with Gasteiger partial charge >= 0.3 is 0 Å². The van der Waals surface area contributed by atoms with Crippen molar-refractivity contribution in [1.29, 1.82) is 0 Å². The van der Waals surface area contributed by atoms with Crippen molar-refractivity contribution in [3.63, 3.8) is 0 Å². The summed E-state index contributed by atoms with van der Waals surface area (Å²) < 4.78 is 11.0. The molecule has 152 valence electrons. The summed E-state index contributed by atoms with van der Waals surface area (Å²) in [5.41, 5.74) is 3.03. The Kier molecular flexibility index (Phi) is 7.08. The maximum Gasteiger partial charge on any atom is 0.195 e. The summed E-state index contributed by atoms with van der Waals surface area (Å²) in [6, 6.07) is 15.9. The summed E-state index contributed by atoms with van der Waals surface area (Å²) in [5.74, 6) is 2.07. The zero-order valence-corrected chi connectivity index (χ0v) is 18.0. The smallest absolute Gasteiger partial charge is 0.195 e. The van der Waals surface area contributed by atoms with Crippen molar-refractivity contribution in [3.8, 4) is 22.1 Å². The summed E-state index contributed by atoms with van der Waals surface area (Å²) in [4.78, 5) is 10.2. The number of aromatic nitrogens is 1. The summed E-state index contributed by atoms with van der Waals surface area (Å²) in [6.07, 6.45) is 0. The lowest BCUT2D eigenvalue weighted by Crippen LogP contribution is -2.30. The van der Waals surface area contributed by atoms with Crippen LogP contribution in [0.1, 0.15) is 17.5 Å². The molecule has 0 bridgehead atoms. The van der Waals surface area contributed by atoms with Gasteiger partial charge < -0.3 is 20.1 Å². The quantitative estimate of drug-likeness (QED) is 0.436. The van der Waals surface area contributed by atoms with Gasteiger partial charge in [-0.1, -0.05) is 30.3 Å². The molecule has 2 N–H and O–H groups in total. The molecule has 3 aromatic rings. The van der Waals surface area contributed by atoms with Crippen LogP contribution in [0.2, 0.25) is 0 Å². The Labute approximate surface area is 175 Å². The second kappa shape index (κ2) is 9.93. The predicted octanol–water partition coefficient (Wildman–Crippen LogP) is 4.71. The number of thiazole rings is 1. The number of nitrogens with zero attached hydrogens (tertiary/aromatic N) is 2. The fraction of sp³-hybridized carbons (Fsp3) is 0.273. The van der Waals surface area contributed by atoms with Gasteiger partial charge in [0.15, 0.2) is 17.5 Å². The molecular formula is C22H26N4O2S. The zero-order chi connectivity index (χ0) is 20.6. The maximum atomic E-state index is 5.57. The first-order valence-electron chi connectivity index (χ1n) is 9.44. The SMILES string of the molecule is CCOc1ccc(NC(=NC)NCc2sc(-c3ccccc3)nc2C)cc1OC. The van der Waals surface area contributed by atoms with Gasteiger partial charge in [-0.15, -0.1) is 11.3 Å². The number of hydrogen-bond acceptors (Lipinski definition) is 5. The number of ether oxygens (including phenoxy) is 2. The van der Waals surface area contributed by atoms with Crippen molar-refractivity contribution in [1.82, 2.24) is 10.3 Å². The highest BCUT2D eigenvalue weighted by molar-refractivity contribution is 7.15. The third kappa shape index (κ3) is 5.26. The molecule has 0 fully saturated rings. The van der Waals surface area contributed by atoms with E-state index in [0.717, 1.165) is 27.7 Å².